The number of nitrogens with two attached hydrogens (primary N) is 1. The maximum absolute atomic E-state index is 13.9. The quantitative estimate of drug-likeness (QED) is 0.702. The van der Waals surface area contributed by atoms with Gasteiger partial charge in [0.25, 0.3) is 0 Å². The molecule has 1 aromatic rings. The molecular weight excluding hydrogens is 413 g/mol. The van der Waals surface area contributed by atoms with Crippen molar-refractivity contribution in [2.45, 2.75) is 24.5 Å². The molecule has 0 aromatic heterocycles. The van der Waals surface area contributed by atoms with E-state index in [1.54, 1.807) is 13.0 Å². The Hall–Kier alpha value is -3.32. The molecule has 0 spiro atoms. The number of allylic oxidation sites excluding steroid dienone is 1. The molecule has 0 bridgehead atoms. The van der Waals surface area contributed by atoms with Gasteiger partial charge in [0.2, 0.25) is 5.91 Å². The normalized spacial score (nSPS) is 20.7. The second-order valence-corrected chi connectivity index (χ2v) is 7.59. The lowest BCUT2D eigenvalue weighted by Gasteiger charge is -2.31. The Kier molecular flexibility index (Phi) is 6.12. The number of amides is 1. The van der Waals surface area contributed by atoms with Crippen LogP contribution >= 0.6 is 11.8 Å². The maximum Gasteiger partial charge on any atom is 0.337 e. The molecule has 2 heterocycles. The van der Waals surface area contributed by atoms with Crippen molar-refractivity contribution < 1.29 is 28.2 Å². The topological polar surface area (TPSA) is 123 Å². The predicted molar refractivity (Wildman–Crippen MR) is 104 cm³/mol. The molecule has 1 aromatic carbocycles. The van der Waals surface area contributed by atoms with Gasteiger partial charge in [-0.15, -0.1) is 0 Å². The second kappa shape index (κ2) is 8.59. The number of methoxy groups -OCH3 is 1. The van der Waals surface area contributed by atoms with Crippen molar-refractivity contribution in [3.05, 3.63) is 57.6 Å². The van der Waals surface area contributed by atoms with Gasteiger partial charge in [-0.2, -0.15) is 5.26 Å². The van der Waals surface area contributed by atoms with Gasteiger partial charge in [-0.05, 0) is 24.6 Å². The van der Waals surface area contributed by atoms with E-state index in [4.69, 9.17) is 10.5 Å². The zero-order valence-corrected chi connectivity index (χ0v) is 17.0. The first-order valence-corrected chi connectivity index (χ1v) is 9.85. The summed E-state index contributed by atoms with van der Waals surface area (Å²) < 4.78 is 23.7. The van der Waals surface area contributed by atoms with E-state index in [9.17, 15) is 24.0 Å². The van der Waals surface area contributed by atoms with Crippen molar-refractivity contribution in [3.63, 3.8) is 0 Å². The number of carbonyl (C=O) groups excluding carboxylic acids is 3. The zero-order chi connectivity index (χ0) is 22.0. The Balaban J connectivity index is 2.21. The molecule has 0 aliphatic carbocycles. The van der Waals surface area contributed by atoms with E-state index in [2.05, 4.69) is 4.74 Å². The number of halogens is 1. The van der Waals surface area contributed by atoms with E-state index >= 15 is 0 Å². The van der Waals surface area contributed by atoms with Crippen molar-refractivity contribution in [2.75, 3.05) is 13.7 Å². The number of hydrogen-bond donors (Lipinski definition) is 1. The molecule has 2 aliphatic heterocycles. The Morgan fingerprint density at radius 1 is 1.40 bits per heavy atom. The van der Waals surface area contributed by atoms with E-state index in [1.807, 2.05) is 6.07 Å². The van der Waals surface area contributed by atoms with Crippen molar-refractivity contribution in [2.24, 2.45) is 5.73 Å². The van der Waals surface area contributed by atoms with E-state index in [-0.39, 0.29) is 35.0 Å². The predicted octanol–water partition coefficient (Wildman–Crippen LogP) is 1.90. The van der Waals surface area contributed by atoms with Gasteiger partial charge in [-0.3, -0.25) is 14.5 Å². The highest BCUT2D eigenvalue weighted by Crippen LogP contribution is 2.50. The van der Waals surface area contributed by atoms with Crippen LogP contribution in [0.5, 0.6) is 0 Å². The number of ether oxygens (including phenoxy) is 2. The molecule has 0 radical (unpaired) electrons. The van der Waals surface area contributed by atoms with Crippen LogP contribution in [-0.2, 0) is 23.9 Å². The van der Waals surface area contributed by atoms with Crippen LogP contribution in [0.3, 0.4) is 0 Å². The number of nitriles is 1. The lowest BCUT2D eigenvalue weighted by molar-refractivity contribution is -0.142. The van der Waals surface area contributed by atoms with Gasteiger partial charge in [-0.1, -0.05) is 23.9 Å². The van der Waals surface area contributed by atoms with Crippen LogP contribution < -0.4 is 5.73 Å². The van der Waals surface area contributed by atoms with Gasteiger partial charge >= 0.3 is 11.9 Å². The number of rotatable bonds is 5. The van der Waals surface area contributed by atoms with Crippen molar-refractivity contribution in [3.8, 4) is 6.07 Å². The number of nitrogens with zero attached hydrogens (tertiary/aromatic N) is 2. The molecule has 1 amide bonds. The average Bonchev–Trinajstić information content (AvgIpc) is 3.03. The highest BCUT2D eigenvalue weighted by atomic mass is 32.2. The van der Waals surface area contributed by atoms with Crippen LogP contribution in [0.15, 0.2) is 46.3 Å². The largest absolute Gasteiger partial charge is 0.469 e. The highest BCUT2D eigenvalue weighted by Gasteiger charge is 2.49. The van der Waals surface area contributed by atoms with Crippen LogP contribution in [0.2, 0.25) is 0 Å². The van der Waals surface area contributed by atoms with E-state index in [0.717, 1.165) is 16.7 Å². The third kappa shape index (κ3) is 3.64. The molecule has 30 heavy (non-hydrogen) atoms. The number of thioether (sulfide) groups is 1. The van der Waals surface area contributed by atoms with Gasteiger partial charge < -0.3 is 15.2 Å². The molecule has 2 atom stereocenters. The van der Waals surface area contributed by atoms with Gasteiger partial charge in [0.05, 0.1) is 48.3 Å². The third-order valence-corrected chi connectivity index (χ3v) is 5.93. The summed E-state index contributed by atoms with van der Waals surface area (Å²) in [7, 11) is 1.20. The number of carbonyl (C=O) groups is 3. The summed E-state index contributed by atoms with van der Waals surface area (Å²) in [6.45, 7) is 1.67. The summed E-state index contributed by atoms with van der Waals surface area (Å²) in [5.74, 6) is -3.66. The van der Waals surface area contributed by atoms with E-state index < -0.39 is 34.8 Å². The van der Waals surface area contributed by atoms with Crippen molar-refractivity contribution in [1.82, 2.24) is 4.90 Å². The Labute approximate surface area is 176 Å². The minimum atomic E-state index is -1.02. The lowest BCUT2D eigenvalue weighted by atomic mass is 9.83. The maximum atomic E-state index is 13.9. The number of hydrogen-bond acceptors (Lipinski definition) is 8. The Morgan fingerprint density at radius 2 is 2.13 bits per heavy atom. The summed E-state index contributed by atoms with van der Waals surface area (Å²) in [5.41, 5.74) is 6.38. The standard InChI is InChI=1S/C20H18FN3O5S/c1-3-29-20(27)16-15(10-5-4-6-11(21)7-10)12(9-22)17(23)24-18(26)13(30-19(16)24)8-14(25)28-2/h4-7,13,15H,3,8,23H2,1-2H3/t13-,15+/m1/s1. The molecule has 156 valence electrons. The molecule has 0 saturated carbocycles. The molecule has 3 rings (SSSR count). The summed E-state index contributed by atoms with van der Waals surface area (Å²) >= 11 is 0.965. The second-order valence-electron chi connectivity index (χ2n) is 6.40. The fraction of sp³-hybridized carbons (Fsp3) is 0.300. The van der Waals surface area contributed by atoms with Crippen LogP contribution in [0.25, 0.3) is 0 Å². The molecule has 1 fully saturated rings. The summed E-state index contributed by atoms with van der Waals surface area (Å²) in [5, 5.41) is 9.05. The summed E-state index contributed by atoms with van der Waals surface area (Å²) in [6.07, 6.45) is -0.240. The number of fused-ring (bicyclic) bond motifs is 1. The first-order chi connectivity index (χ1) is 14.3. The highest BCUT2D eigenvalue weighted by molar-refractivity contribution is 8.04. The molecular formula is C20H18FN3O5S. The number of esters is 2. The van der Waals surface area contributed by atoms with Gasteiger partial charge in [-0.25, -0.2) is 9.18 Å². The SMILES string of the molecule is CCOC(=O)C1=C2S[C@H](CC(=O)OC)C(=O)N2C(N)=C(C#N)[C@@H]1c1cccc(F)c1. The smallest absolute Gasteiger partial charge is 0.337 e. The van der Waals surface area contributed by atoms with Gasteiger partial charge in [0.15, 0.2) is 0 Å². The van der Waals surface area contributed by atoms with E-state index in [1.165, 1.54) is 25.3 Å². The van der Waals surface area contributed by atoms with Gasteiger partial charge in [0.1, 0.15) is 16.9 Å². The van der Waals surface area contributed by atoms with E-state index in [0.29, 0.717) is 5.56 Å². The summed E-state index contributed by atoms with van der Waals surface area (Å²) in [6, 6.07) is 7.37. The minimum Gasteiger partial charge on any atom is -0.469 e. The fourth-order valence-corrected chi connectivity index (χ4v) is 4.67. The molecule has 10 heteroatoms. The zero-order valence-electron chi connectivity index (χ0n) is 16.2. The number of benzene rings is 1. The molecule has 8 nitrogen and oxygen atoms in total. The van der Waals surface area contributed by atoms with Crippen LogP contribution in [0.4, 0.5) is 4.39 Å². The first-order valence-electron chi connectivity index (χ1n) is 8.97. The average molecular weight is 431 g/mol. The van der Waals surface area contributed by atoms with Crippen LogP contribution in [0, 0.1) is 17.1 Å². The van der Waals surface area contributed by atoms with Crippen molar-refractivity contribution >= 4 is 29.6 Å². The molecule has 2 N–H and O–H groups in total. The monoisotopic (exact) mass is 431 g/mol. The molecule has 2 aliphatic rings. The van der Waals surface area contributed by atoms with Gasteiger partial charge in [0, 0.05) is 0 Å². The minimum absolute atomic E-state index is 0.00100. The summed E-state index contributed by atoms with van der Waals surface area (Å²) in [4.78, 5) is 38.6. The van der Waals surface area contributed by atoms with Crippen LogP contribution in [0.1, 0.15) is 24.8 Å². The fourth-order valence-electron chi connectivity index (χ4n) is 3.35. The lowest BCUT2D eigenvalue weighted by Crippen LogP contribution is -2.38. The van der Waals surface area contributed by atoms with Crippen LogP contribution in [-0.4, -0.2) is 41.7 Å². The third-order valence-electron chi connectivity index (χ3n) is 4.65. The molecule has 1 saturated heterocycles. The Morgan fingerprint density at radius 3 is 2.73 bits per heavy atom. The molecule has 0 unspecified atom stereocenters. The Bertz CT molecular complexity index is 1030. The van der Waals surface area contributed by atoms with Crippen molar-refractivity contribution in [1.29, 1.82) is 5.26 Å². The first kappa shape index (κ1) is 21.4.